The van der Waals surface area contributed by atoms with Gasteiger partial charge in [-0.1, -0.05) is 17.7 Å². The van der Waals surface area contributed by atoms with Gasteiger partial charge in [0.15, 0.2) is 5.96 Å². The maximum absolute atomic E-state index is 9.77. The number of aliphatic hydroxyl groups excluding tert-OH is 1. The van der Waals surface area contributed by atoms with E-state index in [0.717, 1.165) is 75.2 Å². The number of anilines is 1. The molecular formula is C20H32ClN5O. The number of hydrogen-bond acceptors (Lipinski definition) is 4. The van der Waals surface area contributed by atoms with Crippen LogP contribution in [0.1, 0.15) is 25.3 Å². The summed E-state index contributed by atoms with van der Waals surface area (Å²) in [5.74, 6) is 0.911. The smallest absolute Gasteiger partial charge is 0.194 e. The number of halogens is 1. The second-order valence-corrected chi connectivity index (χ2v) is 7.82. The lowest BCUT2D eigenvalue weighted by molar-refractivity contribution is 0.108. The predicted octanol–water partition coefficient (Wildman–Crippen LogP) is 2.01. The number of benzene rings is 1. The molecule has 150 valence electrons. The summed E-state index contributed by atoms with van der Waals surface area (Å²) in [6, 6.07) is 6.14. The SMILES string of the molecule is CCNC(=NCc1c(Cl)cccc1N1CCN(C)CC1)N1CCC(O)CC1. The van der Waals surface area contributed by atoms with Crippen LogP contribution in [-0.2, 0) is 6.54 Å². The Bertz CT molecular complexity index is 637. The average molecular weight is 394 g/mol. The molecular weight excluding hydrogens is 362 g/mol. The molecule has 7 heteroatoms. The molecule has 0 radical (unpaired) electrons. The van der Waals surface area contributed by atoms with Gasteiger partial charge in [0.25, 0.3) is 0 Å². The number of aliphatic hydroxyl groups is 1. The first kappa shape index (κ1) is 20.2. The maximum Gasteiger partial charge on any atom is 0.194 e. The van der Waals surface area contributed by atoms with Gasteiger partial charge in [0.1, 0.15) is 0 Å². The topological polar surface area (TPSA) is 54.3 Å². The van der Waals surface area contributed by atoms with Crippen LogP contribution in [-0.4, -0.2) is 79.8 Å². The zero-order chi connectivity index (χ0) is 19.2. The number of guanidine groups is 1. The molecule has 0 aliphatic carbocycles. The largest absolute Gasteiger partial charge is 0.393 e. The zero-order valence-corrected chi connectivity index (χ0v) is 17.3. The monoisotopic (exact) mass is 393 g/mol. The zero-order valence-electron chi connectivity index (χ0n) is 16.5. The normalized spacial score (nSPS) is 20.2. The highest BCUT2D eigenvalue weighted by atomic mass is 35.5. The van der Waals surface area contributed by atoms with Crippen LogP contribution >= 0.6 is 11.6 Å². The molecule has 2 aliphatic heterocycles. The predicted molar refractivity (Wildman–Crippen MR) is 113 cm³/mol. The van der Waals surface area contributed by atoms with Gasteiger partial charge in [-0.2, -0.15) is 0 Å². The van der Waals surface area contributed by atoms with E-state index in [-0.39, 0.29) is 6.10 Å². The molecule has 1 aromatic carbocycles. The van der Waals surface area contributed by atoms with Gasteiger partial charge >= 0.3 is 0 Å². The van der Waals surface area contributed by atoms with Crippen LogP contribution < -0.4 is 10.2 Å². The Balaban J connectivity index is 1.77. The quantitative estimate of drug-likeness (QED) is 0.605. The highest BCUT2D eigenvalue weighted by molar-refractivity contribution is 6.31. The van der Waals surface area contributed by atoms with E-state index < -0.39 is 0 Å². The van der Waals surface area contributed by atoms with E-state index in [1.165, 1.54) is 5.69 Å². The van der Waals surface area contributed by atoms with Crippen molar-refractivity contribution < 1.29 is 5.11 Å². The third-order valence-corrected chi connectivity index (χ3v) is 5.78. The summed E-state index contributed by atoms with van der Waals surface area (Å²) >= 11 is 6.57. The second-order valence-electron chi connectivity index (χ2n) is 7.42. The fourth-order valence-corrected chi connectivity index (χ4v) is 3.93. The van der Waals surface area contributed by atoms with Crippen LogP contribution in [0, 0.1) is 0 Å². The number of nitrogens with one attached hydrogen (secondary N) is 1. The minimum Gasteiger partial charge on any atom is -0.393 e. The Morgan fingerprint density at radius 2 is 1.89 bits per heavy atom. The van der Waals surface area contributed by atoms with Crippen molar-refractivity contribution in [3.63, 3.8) is 0 Å². The Hall–Kier alpha value is -1.50. The lowest BCUT2D eigenvalue weighted by atomic mass is 10.1. The second kappa shape index (κ2) is 9.62. The van der Waals surface area contributed by atoms with Crippen molar-refractivity contribution in [2.24, 2.45) is 4.99 Å². The first-order valence-corrected chi connectivity index (χ1v) is 10.4. The molecule has 27 heavy (non-hydrogen) atoms. The van der Waals surface area contributed by atoms with Crippen LogP contribution in [0.3, 0.4) is 0 Å². The fourth-order valence-electron chi connectivity index (χ4n) is 3.70. The number of aliphatic imine (C=N–C) groups is 1. The summed E-state index contributed by atoms with van der Waals surface area (Å²) in [4.78, 5) is 11.9. The number of nitrogens with zero attached hydrogens (tertiary/aromatic N) is 4. The minimum atomic E-state index is -0.184. The summed E-state index contributed by atoms with van der Waals surface area (Å²) in [7, 11) is 2.17. The molecule has 2 heterocycles. The van der Waals surface area contributed by atoms with E-state index >= 15 is 0 Å². The van der Waals surface area contributed by atoms with E-state index in [9.17, 15) is 5.11 Å². The minimum absolute atomic E-state index is 0.184. The molecule has 0 spiro atoms. The van der Waals surface area contributed by atoms with Crippen LogP contribution in [0.5, 0.6) is 0 Å². The molecule has 6 nitrogen and oxygen atoms in total. The molecule has 3 rings (SSSR count). The first-order chi connectivity index (χ1) is 13.1. The molecule has 1 aromatic rings. The average Bonchev–Trinajstić information content (AvgIpc) is 2.67. The number of piperazine rings is 1. The third kappa shape index (κ3) is 5.27. The van der Waals surface area contributed by atoms with Crippen molar-refractivity contribution in [3.8, 4) is 0 Å². The van der Waals surface area contributed by atoms with Gasteiger partial charge in [-0.15, -0.1) is 0 Å². The summed E-state index contributed by atoms with van der Waals surface area (Å²) in [6.45, 7) is 9.28. The van der Waals surface area contributed by atoms with E-state index in [1.54, 1.807) is 0 Å². The molecule has 0 atom stereocenters. The van der Waals surface area contributed by atoms with Crippen molar-refractivity contribution in [3.05, 3.63) is 28.8 Å². The summed E-state index contributed by atoms with van der Waals surface area (Å²) < 4.78 is 0. The molecule has 2 saturated heterocycles. The molecule has 0 unspecified atom stereocenters. The Morgan fingerprint density at radius 1 is 1.19 bits per heavy atom. The number of hydrogen-bond donors (Lipinski definition) is 2. The number of piperidine rings is 1. The van der Waals surface area contributed by atoms with Crippen LogP contribution in [0.15, 0.2) is 23.2 Å². The van der Waals surface area contributed by atoms with Gasteiger partial charge in [-0.05, 0) is 38.9 Å². The number of likely N-dealkylation sites (tertiary alicyclic amines) is 1. The summed E-state index contributed by atoms with van der Waals surface area (Å²) in [5, 5.41) is 13.9. The maximum atomic E-state index is 9.77. The summed E-state index contributed by atoms with van der Waals surface area (Å²) in [6.07, 6.45) is 1.41. The van der Waals surface area contributed by atoms with Crippen LogP contribution in [0.4, 0.5) is 5.69 Å². The van der Waals surface area contributed by atoms with Gasteiger partial charge in [-0.25, -0.2) is 4.99 Å². The molecule has 0 saturated carbocycles. The Kier molecular flexibility index (Phi) is 7.21. The van der Waals surface area contributed by atoms with Crippen LogP contribution in [0.2, 0.25) is 5.02 Å². The highest BCUT2D eigenvalue weighted by Crippen LogP contribution is 2.29. The molecule has 0 aromatic heterocycles. The first-order valence-electron chi connectivity index (χ1n) is 10.0. The van der Waals surface area contributed by atoms with Crippen molar-refractivity contribution >= 4 is 23.2 Å². The Labute approximate surface area is 167 Å². The fraction of sp³-hybridized carbons (Fsp3) is 0.650. The van der Waals surface area contributed by atoms with Gasteiger partial charge in [-0.3, -0.25) is 0 Å². The number of likely N-dealkylation sites (N-methyl/N-ethyl adjacent to an activating group) is 1. The van der Waals surface area contributed by atoms with Crippen molar-refractivity contribution in [1.82, 2.24) is 15.1 Å². The van der Waals surface area contributed by atoms with Crippen molar-refractivity contribution in [2.45, 2.75) is 32.4 Å². The lowest BCUT2D eigenvalue weighted by Crippen LogP contribution is -2.46. The number of rotatable bonds is 4. The van der Waals surface area contributed by atoms with E-state index in [1.807, 2.05) is 12.1 Å². The van der Waals surface area contributed by atoms with Crippen molar-refractivity contribution in [1.29, 1.82) is 0 Å². The van der Waals surface area contributed by atoms with Crippen LogP contribution in [0.25, 0.3) is 0 Å². The molecule has 2 fully saturated rings. The van der Waals surface area contributed by atoms with Gasteiger partial charge in [0, 0.05) is 62.1 Å². The van der Waals surface area contributed by atoms with Gasteiger partial charge in [0.2, 0.25) is 0 Å². The Morgan fingerprint density at radius 3 is 2.56 bits per heavy atom. The van der Waals surface area contributed by atoms with E-state index in [4.69, 9.17) is 16.6 Å². The highest BCUT2D eigenvalue weighted by Gasteiger charge is 2.21. The molecule has 2 aliphatic rings. The van der Waals surface area contributed by atoms with E-state index in [2.05, 4.69) is 40.1 Å². The molecule has 2 N–H and O–H groups in total. The summed E-state index contributed by atoms with van der Waals surface area (Å²) in [5.41, 5.74) is 2.29. The molecule has 0 bridgehead atoms. The lowest BCUT2D eigenvalue weighted by Gasteiger charge is -2.35. The van der Waals surface area contributed by atoms with Crippen molar-refractivity contribution in [2.75, 3.05) is 57.8 Å². The van der Waals surface area contributed by atoms with Gasteiger partial charge < -0.3 is 25.1 Å². The molecule has 0 amide bonds. The van der Waals surface area contributed by atoms with Gasteiger partial charge in [0.05, 0.1) is 12.6 Å². The van der Waals surface area contributed by atoms with E-state index in [0.29, 0.717) is 6.54 Å². The standard InChI is InChI=1S/C20H32ClN5O/c1-3-22-20(26-9-7-16(27)8-10-26)23-15-17-18(21)5-4-6-19(17)25-13-11-24(2)12-14-25/h4-6,16,27H,3,7-15H2,1-2H3,(H,22,23). The third-order valence-electron chi connectivity index (χ3n) is 5.42.